The van der Waals surface area contributed by atoms with E-state index < -0.39 is 19.6 Å². The van der Waals surface area contributed by atoms with Crippen molar-refractivity contribution in [2.75, 3.05) is 13.6 Å². The fourth-order valence-electron chi connectivity index (χ4n) is 0.781. The lowest BCUT2D eigenvalue weighted by atomic mass is 10.3. The SMILES string of the molecule is [2H]C([2H])([2H])OC(=O)COc1c(Cl)cccc1Cl. The van der Waals surface area contributed by atoms with Gasteiger partial charge in [-0.1, -0.05) is 29.3 Å². The Labute approximate surface area is 95.7 Å². The molecule has 0 aliphatic rings. The first-order valence-corrected chi connectivity index (χ1v) is 4.34. The Bertz CT molecular complexity index is 400. The van der Waals surface area contributed by atoms with E-state index in [1.807, 2.05) is 0 Å². The number of rotatable bonds is 3. The summed E-state index contributed by atoms with van der Waals surface area (Å²) in [5.41, 5.74) is 0. The summed E-state index contributed by atoms with van der Waals surface area (Å²) in [7, 11) is -2.79. The molecule has 0 aromatic heterocycles. The molecule has 0 aliphatic carbocycles. The standard InChI is InChI=1S/C9H8Cl2O3/c1-13-8(12)5-14-9-6(10)3-2-4-7(9)11/h2-4H,5H2,1H3/i1D3. The number of halogens is 2. The zero-order valence-electron chi connectivity index (χ0n) is 9.92. The van der Waals surface area contributed by atoms with E-state index in [2.05, 4.69) is 4.74 Å². The molecular weight excluding hydrogens is 227 g/mol. The summed E-state index contributed by atoms with van der Waals surface area (Å²) in [6.07, 6.45) is 0. The number of carbonyl (C=O) groups is 1. The highest BCUT2D eigenvalue weighted by atomic mass is 35.5. The van der Waals surface area contributed by atoms with Crippen LogP contribution in [0.4, 0.5) is 0 Å². The summed E-state index contributed by atoms with van der Waals surface area (Å²) in [5, 5.41) is 0.443. The average molecular weight is 238 g/mol. The first-order valence-electron chi connectivity index (χ1n) is 5.08. The van der Waals surface area contributed by atoms with E-state index in [1.54, 1.807) is 6.07 Å². The fourth-order valence-corrected chi connectivity index (χ4v) is 1.29. The molecule has 5 heteroatoms. The maximum absolute atomic E-state index is 11.1. The van der Waals surface area contributed by atoms with Gasteiger partial charge in [0.1, 0.15) is 0 Å². The van der Waals surface area contributed by atoms with Crippen LogP contribution in [-0.2, 0) is 9.53 Å². The van der Waals surface area contributed by atoms with Crippen LogP contribution in [0.2, 0.25) is 10.0 Å². The molecule has 0 unspecified atom stereocenters. The van der Waals surface area contributed by atoms with Crippen molar-refractivity contribution in [3.8, 4) is 5.75 Å². The Balaban J connectivity index is 2.59. The molecule has 0 heterocycles. The van der Waals surface area contributed by atoms with Crippen LogP contribution < -0.4 is 4.74 Å². The van der Waals surface area contributed by atoms with Crippen LogP contribution in [-0.4, -0.2) is 19.6 Å². The zero-order valence-corrected chi connectivity index (χ0v) is 8.43. The van der Waals surface area contributed by atoms with Gasteiger partial charge in [0.25, 0.3) is 0 Å². The van der Waals surface area contributed by atoms with Gasteiger partial charge in [0.15, 0.2) is 12.4 Å². The normalized spacial score (nSPS) is 13.7. The van der Waals surface area contributed by atoms with Crippen molar-refractivity contribution in [1.82, 2.24) is 0 Å². The smallest absolute Gasteiger partial charge is 0.343 e. The number of hydrogen-bond acceptors (Lipinski definition) is 3. The van der Waals surface area contributed by atoms with Crippen molar-refractivity contribution in [3.05, 3.63) is 28.2 Å². The summed E-state index contributed by atoms with van der Waals surface area (Å²) >= 11 is 11.5. The predicted molar refractivity (Wildman–Crippen MR) is 54.0 cm³/mol. The maximum atomic E-state index is 11.1. The Morgan fingerprint density at radius 3 is 2.71 bits per heavy atom. The van der Waals surface area contributed by atoms with Gasteiger partial charge in [0.05, 0.1) is 21.2 Å². The topological polar surface area (TPSA) is 35.5 Å². The lowest BCUT2D eigenvalue weighted by Gasteiger charge is -2.07. The van der Waals surface area contributed by atoms with Crippen molar-refractivity contribution in [2.24, 2.45) is 0 Å². The second-order valence-electron chi connectivity index (χ2n) is 2.31. The third-order valence-electron chi connectivity index (χ3n) is 1.37. The molecule has 0 radical (unpaired) electrons. The van der Waals surface area contributed by atoms with Crippen LogP contribution in [0.15, 0.2) is 18.2 Å². The third-order valence-corrected chi connectivity index (χ3v) is 1.96. The minimum Gasteiger partial charge on any atom is -0.479 e. The molecule has 14 heavy (non-hydrogen) atoms. The molecule has 0 saturated heterocycles. The van der Waals surface area contributed by atoms with E-state index in [0.717, 1.165) is 0 Å². The molecule has 1 aromatic carbocycles. The van der Waals surface area contributed by atoms with Gasteiger partial charge >= 0.3 is 5.97 Å². The van der Waals surface area contributed by atoms with Gasteiger partial charge in [-0.3, -0.25) is 0 Å². The highest BCUT2D eigenvalue weighted by Crippen LogP contribution is 2.32. The van der Waals surface area contributed by atoms with Crippen molar-refractivity contribution in [1.29, 1.82) is 0 Å². The van der Waals surface area contributed by atoms with E-state index >= 15 is 0 Å². The molecule has 0 saturated carbocycles. The number of benzene rings is 1. The zero-order chi connectivity index (χ0) is 13.1. The lowest BCUT2D eigenvalue weighted by Crippen LogP contribution is -2.12. The van der Waals surface area contributed by atoms with E-state index in [9.17, 15) is 4.79 Å². The molecule has 76 valence electrons. The van der Waals surface area contributed by atoms with Gasteiger partial charge in [-0.15, -0.1) is 0 Å². The monoisotopic (exact) mass is 237 g/mol. The van der Waals surface area contributed by atoms with Crippen molar-refractivity contribution in [3.63, 3.8) is 0 Å². The second kappa shape index (κ2) is 5.08. The predicted octanol–water partition coefficient (Wildman–Crippen LogP) is 2.55. The van der Waals surface area contributed by atoms with Crippen molar-refractivity contribution in [2.45, 2.75) is 0 Å². The Morgan fingerprint density at radius 1 is 1.50 bits per heavy atom. The molecule has 0 aliphatic heterocycles. The van der Waals surface area contributed by atoms with Crippen molar-refractivity contribution < 1.29 is 18.4 Å². The van der Waals surface area contributed by atoms with Gasteiger partial charge in [-0.05, 0) is 12.1 Å². The minimum atomic E-state index is -2.79. The molecule has 0 N–H and O–H groups in total. The van der Waals surface area contributed by atoms with Gasteiger partial charge < -0.3 is 9.47 Å². The van der Waals surface area contributed by atoms with Gasteiger partial charge in [-0.25, -0.2) is 4.79 Å². The number of carbonyl (C=O) groups excluding carboxylic acids is 1. The number of methoxy groups -OCH3 is 1. The summed E-state index contributed by atoms with van der Waals surface area (Å²) in [4.78, 5) is 11.1. The largest absolute Gasteiger partial charge is 0.479 e. The van der Waals surface area contributed by atoms with Crippen LogP contribution in [0.25, 0.3) is 0 Å². The lowest BCUT2D eigenvalue weighted by molar-refractivity contribution is -0.142. The van der Waals surface area contributed by atoms with E-state index in [1.165, 1.54) is 12.1 Å². The number of ether oxygens (including phenoxy) is 2. The third kappa shape index (κ3) is 2.79. The summed E-state index contributed by atoms with van der Waals surface area (Å²) in [5.74, 6) is -0.917. The summed E-state index contributed by atoms with van der Waals surface area (Å²) < 4.78 is 29.2. The van der Waals surface area contributed by atoms with E-state index in [4.69, 9.17) is 32.1 Å². The van der Waals surface area contributed by atoms with Gasteiger partial charge in [-0.2, -0.15) is 0 Å². The van der Waals surface area contributed by atoms with Crippen LogP contribution in [0.5, 0.6) is 5.75 Å². The molecule has 0 fully saturated rings. The van der Waals surface area contributed by atoms with Crippen LogP contribution in [0, 0.1) is 0 Å². The molecule has 0 bridgehead atoms. The molecule has 0 amide bonds. The molecule has 0 atom stereocenters. The van der Waals surface area contributed by atoms with E-state index in [0.29, 0.717) is 0 Å². The minimum absolute atomic E-state index is 0.110. The van der Waals surface area contributed by atoms with Crippen LogP contribution in [0.1, 0.15) is 4.11 Å². The molecule has 1 rings (SSSR count). The second-order valence-corrected chi connectivity index (χ2v) is 3.13. The molecular formula is C9H8Cl2O3. The number of para-hydroxylation sites is 1. The average Bonchev–Trinajstić information content (AvgIpc) is 2.14. The van der Waals surface area contributed by atoms with Crippen LogP contribution >= 0.6 is 23.2 Å². The summed E-state index contributed by atoms with van der Waals surface area (Å²) in [6, 6.07) is 4.66. The Kier molecular flexibility index (Phi) is 2.67. The maximum Gasteiger partial charge on any atom is 0.343 e. The number of esters is 1. The van der Waals surface area contributed by atoms with Crippen LogP contribution in [0.3, 0.4) is 0 Å². The Morgan fingerprint density at radius 2 is 2.14 bits per heavy atom. The first-order chi connectivity index (χ1) is 7.79. The highest BCUT2D eigenvalue weighted by molar-refractivity contribution is 6.37. The van der Waals surface area contributed by atoms with Gasteiger partial charge in [0.2, 0.25) is 0 Å². The molecule has 0 spiro atoms. The Hall–Kier alpha value is -0.930. The molecule has 1 aromatic rings. The quantitative estimate of drug-likeness (QED) is 0.759. The first kappa shape index (κ1) is 7.37. The summed E-state index contributed by atoms with van der Waals surface area (Å²) in [6.45, 7) is -0.582. The van der Waals surface area contributed by atoms with E-state index in [-0.39, 0.29) is 15.8 Å². The highest BCUT2D eigenvalue weighted by Gasteiger charge is 2.08. The molecule has 3 nitrogen and oxygen atoms in total. The fraction of sp³-hybridized carbons (Fsp3) is 0.222. The van der Waals surface area contributed by atoms with Gasteiger partial charge in [0, 0.05) is 0 Å². The van der Waals surface area contributed by atoms with Crippen molar-refractivity contribution >= 4 is 29.2 Å². The number of hydrogen-bond donors (Lipinski definition) is 0.